The minimum atomic E-state index is -0.423. The number of carbonyl (C=O) groups excluding carboxylic acids is 3. The number of piperidine rings is 1. The molecular weight excluding hydrogens is 1210 g/mol. The summed E-state index contributed by atoms with van der Waals surface area (Å²) in [7, 11) is 7.75. The van der Waals surface area contributed by atoms with Gasteiger partial charge in [-0.05, 0) is 167 Å². The van der Waals surface area contributed by atoms with Gasteiger partial charge >= 0.3 is 6.01 Å². The summed E-state index contributed by atoms with van der Waals surface area (Å²) >= 11 is 5.31. The highest BCUT2D eigenvalue weighted by Crippen LogP contribution is 2.46. The molecule has 4 aliphatic heterocycles. The number of rotatable bonds is 22. The molecule has 2 N–H and O–H groups in total. The van der Waals surface area contributed by atoms with Crippen LogP contribution in [0.1, 0.15) is 224 Å². The number of benzene rings is 3. The lowest BCUT2D eigenvalue weighted by atomic mass is 9.66. The molecule has 1 spiro atoms. The number of likely N-dealkylation sites (tertiary alicyclic amines) is 1. The van der Waals surface area contributed by atoms with E-state index in [-0.39, 0.29) is 29.4 Å². The number of thiocarbonyl (C=S) groups is 1. The van der Waals surface area contributed by atoms with Crippen molar-refractivity contribution in [3.05, 3.63) is 76.7 Å². The summed E-state index contributed by atoms with van der Waals surface area (Å²) in [5.41, 5.74) is 7.53. The number of hydrogen-bond donors (Lipinski definition) is 2. The number of hydrogen-bond acceptors (Lipinski definition) is 12. The van der Waals surface area contributed by atoms with E-state index >= 15 is 0 Å². The van der Waals surface area contributed by atoms with Crippen LogP contribution >= 0.6 is 21.5 Å². The van der Waals surface area contributed by atoms with Gasteiger partial charge < -0.3 is 34.6 Å². The van der Waals surface area contributed by atoms with Gasteiger partial charge in [0, 0.05) is 104 Å². The Bertz CT molecular complexity index is 3320. The number of pyridine rings is 1. The first-order chi connectivity index (χ1) is 45.5. The predicted octanol–water partition coefficient (Wildman–Crippen LogP) is 15.4. The Morgan fingerprint density at radius 2 is 1.68 bits per heavy atom. The molecule has 6 fully saturated rings. The van der Waals surface area contributed by atoms with E-state index in [2.05, 4.69) is 105 Å². The third kappa shape index (κ3) is 19.1. The van der Waals surface area contributed by atoms with Crippen molar-refractivity contribution in [2.75, 3.05) is 70.4 Å². The second kappa shape index (κ2) is 37.2. The van der Waals surface area contributed by atoms with E-state index in [1.54, 1.807) is 24.7 Å². The summed E-state index contributed by atoms with van der Waals surface area (Å²) in [6.45, 7) is 22.9. The molecule has 7 unspecified atom stereocenters. The summed E-state index contributed by atoms with van der Waals surface area (Å²) < 4.78 is 25.5. The first kappa shape index (κ1) is 75.7. The van der Waals surface area contributed by atoms with Crippen LogP contribution in [-0.2, 0) is 19.1 Å². The first-order valence-electron chi connectivity index (χ1n) is 35.6. The number of aliphatic hydroxyl groups excluding tert-OH is 1. The van der Waals surface area contributed by atoms with Crippen LogP contribution in [0.15, 0.2) is 48.7 Å². The molecule has 14 nitrogen and oxygen atoms in total. The fourth-order valence-corrected chi connectivity index (χ4v) is 15.6. The summed E-state index contributed by atoms with van der Waals surface area (Å²) in [5.74, 6) is 5.56. The number of anilines is 2. The topological polar surface area (TPSA) is 154 Å². The fraction of sp³-hybridized carbons (Fsp3) is 0.623. The second-order valence-corrected chi connectivity index (χ2v) is 28.2. The molecule has 3 aromatic carbocycles. The van der Waals surface area contributed by atoms with Gasteiger partial charge in [-0.3, -0.25) is 24.3 Å². The van der Waals surface area contributed by atoms with Crippen molar-refractivity contribution in [2.45, 2.75) is 233 Å². The average Bonchev–Trinajstić information content (AvgIpc) is 0.927. The number of β-amino-alcohol motifs (C(OH)–C–C–N with tert-alkyl or cyclic N) is 1. The Hall–Kier alpha value is -5.69. The van der Waals surface area contributed by atoms with E-state index in [9.17, 15) is 23.9 Å². The van der Waals surface area contributed by atoms with E-state index in [0.29, 0.717) is 65.5 Å². The molecule has 2 aliphatic carbocycles. The maximum atomic E-state index is 14.9. The Balaban J connectivity index is 0.000000196. The SMILES string of the molecule is C#Cc1c(F)ccc2cc(C3CCC3)cc(-c3ncc4c(N5CCCC(O)C5)nc(OC)nc4c3P)c12.CC.CC1CCC2(CC1)CN(C=O)C2.CCCC(=O)N(c1ccc(C(CCC)CCC(C)CC)cc1C)C(C=S)CCC(=O)NC.COCC1CCC2CCCN21. The molecule has 3 amide bonds. The van der Waals surface area contributed by atoms with Crippen molar-refractivity contribution >= 4 is 83.5 Å². The van der Waals surface area contributed by atoms with Crippen LogP contribution in [0.4, 0.5) is 15.9 Å². The second-order valence-electron chi connectivity index (χ2n) is 27.4. The van der Waals surface area contributed by atoms with Gasteiger partial charge in [0.1, 0.15) is 11.6 Å². The first-order valence-corrected chi connectivity index (χ1v) is 36.7. The summed E-state index contributed by atoms with van der Waals surface area (Å²) in [4.78, 5) is 57.9. The molecule has 5 aromatic rings. The number of fused-ring (bicyclic) bond motifs is 3. The van der Waals surface area contributed by atoms with Crippen molar-refractivity contribution in [1.29, 1.82) is 0 Å². The minimum Gasteiger partial charge on any atom is -0.467 e. The van der Waals surface area contributed by atoms with Crippen LogP contribution in [0, 0.1) is 42.3 Å². The van der Waals surface area contributed by atoms with Crippen molar-refractivity contribution in [3.8, 4) is 29.6 Å². The highest BCUT2D eigenvalue weighted by molar-refractivity contribution is 7.79. The van der Waals surface area contributed by atoms with E-state index in [4.69, 9.17) is 33.1 Å². The van der Waals surface area contributed by atoms with Gasteiger partial charge in [-0.25, -0.2) is 4.39 Å². The molecule has 6 aliphatic rings. The van der Waals surface area contributed by atoms with Crippen LogP contribution in [0.3, 0.4) is 0 Å². The third-order valence-corrected chi connectivity index (χ3v) is 21.6. The van der Waals surface area contributed by atoms with Crippen LogP contribution in [-0.4, -0.2) is 138 Å². The molecule has 514 valence electrons. The largest absolute Gasteiger partial charge is 0.467 e. The molecule has 94 heavy (non-hydrogen) atoms. The van der Waals surface area contributed by atoms with Gasteiger partial charge in [0.25, 0.3) is 0 Å². The highest BCUT2D eigenvalue weighted by atomic mass is 32.1. The number of carbonyl (C=O) groups is 3. The Morgan fingerprint density at radius 3 is 2.30 bits per heavy atom. The van der Waals surface area contributed by atoms with Crippen LogP contribution < -0.4 is 25.2 Å². The van der Waals surface area contributed by atoms with Crippen molar-refractivity contribution < 1.29 is 33.4 Å². The quantitative estimate of drug-likeness (QED) is 0.0293. The Labute approximate surface area is 570 Å². The van der Waals surface area contributed by atoms with Gasteiger partial charge in [-0.2, -0.15) is 9.97 Å². The van der Waals surface area contributed by atoms with Gasteiger partial charge in [0.2, 0.25) is 18.2 Å². The molecule has 0 radical (unpaired) electrons. The molecule has 2 saturated carbocycles. The van der Waals surface area contributed by atoms with Gasteiger partial charge in [-0.15, -0.1) is 15.7 Å². The zero-order valence-electron chi connectivity index (χ0n) is 58.8. The number of ether oxygens (including phenoxy) is 2. The van der Waals surface area contributed by atoms with Gasteiger partial charge in [-0.1, -0.05) is 129 Å². The Morgan fingerprint density at radius 1 is 0.936 bits per heavy atom. The number of terminal acetylenes is 1. The number of nitrogens with zero attached hydrogens (tertiary/aromatic N) is 7. The number of nitrogens with one attached hydrogen (secondary N) is 1. The normalized spacial score (nSPS) is 20.0. The number of aromatic nitrogens is 3. The number of aliphatic hydroxyl groups is 1. The molecule has 2 aromatic heterocycles. The molecule has 17 heteroatoms. The standard InChI is InChI=1S/C29H28FN4O2P.C27H44N2O2S.C10H17NO.C9H17NO.C2H6/c1-3-20-23(30)10-9-17-12-18(16-6-4-7-16)13-21(24(17)20)25-27(37)26-22(14-31-25)28(33-29(32-26)36-2)34-11-5-8-19(35)15-34;1-7-10-22(13-12-20(4)9-3)23-14-16-25(21(5)18-23)29(27(31)11-8-2)24(19-32)15-17-26(30)28-6;1-9-2-4-10(5-3-9)6-11(7-10)8-12;1-11-7-9-5-4-8-3-2-6-10(8)9;1-2/h1,9-10,12-14,16,19,35H,4-8,11,15,37H2,2H3;14,16,18-20,22,24H,7-13,15,17H2,1-6H3,(H,28,30);8-9H,2-7H2,1H3;8-9H,2-7H2,1H3;1-2H3. The fourth-order valence-electron chi connectivity index (χ4n) is 14.9. The molecule has 11 rings (SSSR count). The van der Waals surface area contributed by atoms with Crippen LogP contribution in [0.25, 0.3) is 32.9 Å². The van der Waals surface area contributed by atoms with E-state index < -0.39 is 11.9 Å². The third-order valence-electron chi connectivity index (χ3n) is 20.8. The van der Waals surface area contributed by atoms with E-state index in [1.807, 2.05) is 37.7 Å². The lowest BCUT2D eigenvalue weighted by Crippen LogP contribution is -2.56. The average molecular weight is 1330 g/mol. The van der Waals surface area contributed by atoms with Crippen LogP contribution in [0.5, 0.6) is 6.01 Å². The molecule has 0 bridgehead atoms. The van der Waals surface area contributed by atoms with E-state index in [0.717, 1.165) is 122 Å². The molecular formula is C77H112FN8O6PS. The summed E-state index contributed by atoms with van der Waals surface area (Å²) in [6, 6.07) is 15.7. The highest BCUT2D eigenvalue weighted by Gasteiger charge is 2.44. The number of aryl methyl sites for hydroxylation is 1. The Kier molecular flexibility index (Phi) is 29.9. The number of halogens is 1. The number of amides is 3. The summed E-state index contributed by atoms with van der Waals surface area (Å²) in [6.07, 6.45) is 32.4. The monoisotopic (exact) mass is 1330 g/mol. The van der Waals surface area contributed by atoms with Crippen molar-refractivity contribution in [1.82, 2.24) is 30.1 Å². The van der Waals surface area contributed by atoms with Crippen molar-refractivity contribution in [3.63, 3.8) is 0 Å². The summed E-state index contributed by atoms with van der Waals surface area (Å²) in [5, 5.41) is 17.7. The molecule has 7 atom stereocenters. The minimum absolute atomic E-state index is 0.0366. The predicted molar refractivity (Wildman–Crippen MR) is 392 cm³/mol. The zero-order chi connectivity index (χ0) is 68.1. The molecule has 4 saturated heterocycles. The van der Waals surface area contributed by atoms with Gasteiger partial charge in [0.15, 0.2) is 0 Å². The zero-order valence-corrected chi connectivity index (χ0v) is 60.7. The maximum absolute atomic E-state index is 14.9. The van der Waals surface area contributed by atoms with Crippen molar-refractivity contribution in [2.24, 2.45) is 17.3 Å². The lowest BCUT2D eigenvalue weighted by molar-refractivity contribution is -0.132. The lowest BCUT2D eigenvalue weighted by Gasteiger charge is -2.51. The van der Waals surface area contributed by atoms with E-state index in [1.165, 1.54) is 121 Å². The van der Waals surface area contributed by atoms with Crippen LogP contribution in [0.2, 0.25) is 0 Å². The van der Waals surface area contributed by atoms with Gasteiger partial charge in [0.05, 0.1) is 48.0 Å². The maximum Gasteiger partial charge on any atom is 0.318 e. The number of methoxy groups -OCH3 is 2. The molecule has 6 heterocycles. The smallest absolute Gasteiger partial charge is 0.318 e.